The number of nitrogens with zero attached hydrogens (tertiary/aromatic N) is 1. The van der Waals surface area contributed by atoms with Crippen LogP contribution in [0.1, 0.15) is 38.7 Å². The highest BCUT2D eigenvalue weighted by Gasteiger charge is 2.25. The molecule has 104 valence electrons. The van der Waals surface area contributed by atoms with Gasteiger partial charge in [-0.2, -0.15) is 0 Å². The number of anilines is 1. The van der Waals surface area contributed by atoms with Crippen molar-refractivity contribution in [2.24, 2.45) is 0 Å². The average molecular weight is 326 g/mol. The summed E-state index contributed by atoms with van der Waals surface area (Å²) in [5.74, 6) is -0.759. The number of carboxylic acids is 1. The standard InChI is InChI=1S/C15H20BrNO2/c1-15(2,10-14(18)19)11-5-6-13(12(16)9-11)17-7-3-4-8-17/h5-6,9H,3-4,7-8,10H2,1-2H3,(H,18,19). The molecule has 0 radical (unpaired) electrons. The third kappa shape index (κ3) is 3.30. The van der Waals surface area contributed by atoms with Gasteiger partial charge in [-0.15, -0.1) is 0 Å². The van der Waals surface area contributed by atoms with Crippen molar-refractivity contribution in [3.8, 4) is 0 Å². The maximum absolute atomic E-state index is 10.9. The number of carboxylic acid groups (broad SMARTS) is 1. The second-order valence-corrected chi connectivity index (χ2v) is 6.67. The first-order valence-electron chi connectivity index (χ1n) is 6.67. The van der Waals surface area contributed by atoms with Crippen LogP contribution in [0.5, 0.6) is 0 Å². The van der Waals surface area contributed by atoms with E-state index in [2.05, 4.69) is 39.0 Å². The molecule has 1 aromatic rings. The lowest BCUT2D eigenvalue weighted by molar-refractivity contribution is -0.138. The zero-order valence-electron chi connectivity index (χ0n) is 11.4. The molecule has 0 aliphatic carbocycles. The van der Waals surface area contributed by atoms with Crippen molar-refractivity contribution in [3.05, 3.63) is 28.2 Å². The van der Waals surface area contributed by atoms with Crippen LogP contribution in [0, 0.1) is 0 Å². The van der Waals surface area contributed by atoms with E-state index in [1.54, 1.807) is 0 Å². The van der Waals surface area contributed by atoms with Crippen LogP contribution in [0.25, 0.3) is 0 Å². The van der Waals surface area contributed by atoms with E-state index in [1.165, 1.54) is 18.5 Å². The van der Waals surface area contributed by atoms with Crippen LogP contribution in [-0.4, -0.2) is 24.2 Å². The molecular formula is C15H20BrNO2. The van der Waals surface area contributed by atoms with Gasteiger partial charge in [0.1, 0.15) is 0 Å². The van der Waals surface area contributed by atoms with E-state index in [0.29, 0.717) is 0 Å². The minimum atomic E-state index is -0.759. The molecule has 1 heterocycles. The second-order valence-electron chi connectivity index (χ2n) is 5.81. The Balaban J connectivity index is 2.25. The number of hydrogen-bond donors (Lipinski definition) is 1. The second kappa shape index (κ2) is 5.53. The quantitative estimate of drug-likeness (QED) is 0.915. The Morgan fingerprint density at radius 2 is 2.00 bits per heavy atom. The molecule has 1 saturated heterocycles. The molecule has 0 spiro atoms. The Kier molecular flexibility index (Phi) is 4.19. The molecule has 4 heteroatoms. The maximum atomic E-state index is 10.9. The molecule has 3 nitrogen and oxygen atoms in total. The fraction of sp³-hybridized carbons (Fsp3) is 0.533. The fourth-order valence-corrected chi connectivity index (χ4v) is 3.25. The molecule has 0 atom stereocenters. The van der Waals surface area contributed by atoms with Crippen molar-refractivity contribution in [1.82, 2.24) is 0 Å². The first-order chi connectivity index (χ1) is 8.90. The van der Waals surface area contributed by atoms with E-state index >= 15 is 0 Å². The van der Waals surface area contributed by atoms with E-state index in [9.17, 15) is 4.79 Å². The third-order valence-corrected chi connectivity index (χ3v) is 4.40. The topological polar surface area (TPSA) is 40.5 Å². The van der Waals surface area contributed by atoms with Gasteiger partial charge in [0.05, 0.1) is 12.1 Å². The summed E-state index contributed by atoms with van der Waals surface area (Å²) in [6, 6.07) is 6.23. The Morgan fingerprint density at radius 1 is 1.37 bits per heavy atom. The lowest BCUT2D eigenvalue weighted by atomic mass is 9.81. The lowest BCUT2D eigenvalue weighted by Gasteiger charge is -2.26. The average Bonchev–Trinajstić information content (AvgIpc) is 2.80. The van der Waals surface area contributed by atoms with E-state index in [-0.39, 0.29) is 11.8 Å². The van der Waals surface area contributed by atoms with Crippen LogP contribution in [0.2, 0.25) is 0 Å². The van der Waals surface area contributed by atoms with E-state index in [0.717, 1.165) is 23.1 Å². The predicted molar refractivity (Wildman–Crippen MR) is 80.9 cm³/mol. The van der Waals surface area contributed by atoms with Crippen LogP contribution in [0.4, 0.5) is 5.69 Å². The third-order valence-electron chi connectivity index (χ3n) is 3.77. The largest absolute Gasteiger partial charge is 0.481 e. The van der Waals surface area contributed by atoms with Crippen molar-refractivity contribution >= 4 is 27.6 Å². The number of carbonyl (C=O) groups is 1. The lowest BCUT2D eigenvalue weighted by Crippen LogP contribution is -2.22. The van der Waals surface area contributed by atoms with Crippen molar-refractivity contribution in [2.75, 3.05) is 18.0 Å². The number of benzene rings is 1. The summed E-state index contributed by atoms with van der Waals surface area (Å²) in [6.45, 7) is 6.16. The summed E-state index contributed by atoms with van der Waals surface area (Å²) < 4.78 is 1.06. The van der Waals surface area contributed by atoms with Crippen molar-refractivity contribution in [2.45, 2.75) is 38.5 Å². The molecule has 1 fully saturated rings. The maximum Gasteiger partial charge on any atom is 0.304 e. The van der Waals surface area contributed by atoms with Crippen molar-refractivity contribution < 1.29 is 9.90 Å². The first-order valence-corrected chi connectivity index (χ1v) is 7.46. The first kappa shape index (κ1) is 14.4. The van der Waals surface area contributed by atoms with Gasteiger partial charge in [0, 0.05) is 23.0 Å². The minimum Gasteiger partial charge on any atom is -0.481 e. The van der Waals surface area contributed by atoms with E-state index in [1.807, 2.05) is 13.8 Å². The zero-order valence-corrected chi connectivity index (χ0v) is 13.0. The van der Waals surface area contributed by atoms with Gasteiger partial charge in [-0.25, -0.2) is 0 Å². The van der Waals surface area contributed by atoms with Crippen molar-refractivity contribution in [3.63, 3.8) is 0 Å². The van der Waals surface area contributed by atoms with Gasteiger partial charge in [-0.1, -0.05) is 19.9 Å². The summed E-state index contributed by atoms with van der Waals surface area (Å²) >= 11 is 3.63. The van der Waals surface area contributed by atoms with Gasteiger partial charge in [0.25, 0.3) is 0 Å². The molecule has 1 aliphatic heterocycles. The molecule has 0 unspecified atom stereocenters. The van der Waals surface area contributed by atoms with Crippen LogP contribution in [-0.2, 0) is 10.2 Å². The SMILES string of the molecule is CC(C)(CC(=O)O)c1ccc(N2CCCC2)c(Br)c1. The molecule has 0 saturated carbocycles. The Morgan fingerprint density at radius 3 is 2.53 bits per heavy atom. The number of rotatable bonds is 4. The summed E-state index contributed by atoms with van der Waals surface area (Å²) in [7, 11) is 0. The monoisotopic (exact) mass is 325 g/mol. The highest BCUT2D eigenvalue weighted by Crippen LogP contribution is 2.35. The highest BCUT2D eigenvalue weighted by atomic mass is 79.9. The van der Waals surface area contributed by atoms with Crippen LogP contribution < -0.4 is 4.90 Å². The van der Waals surface area contributed by atoms with Crippen molar-refractivity contribution in [1.29, 1.82) is 0 Å². The van der Waals surface area contributed by atoms with Crippen LogP contribution >= 0.6 is 15.9 Å². The molecule has 2 rings (SSSR count). The smallest absolute Gasteiger partial charge is 0.304 e. The molecule has 0 aromatic heterocycles. The Bertz CT molecular complexity index is 479. The normalized spacial score (nSPS) is 15.8. The number of aliphatic carboxylic acids is 1. The van der Waals surface area contributed by atoms with E-state index in [4.69, 9.17) is 5.11 Å². The summed E-state index contributed by atoms with van der Waals surface area (Å²) in [5, 5.41) is 8.99. The molecule has 0 amide bonds. The zero-order chi connectivity index (χ0) is 14.0. The van der Waals surface area contributed by atoms with Gasteiger partial charge in [0.2, 0.25) is 0 Å². The van der Waals surface area contributed by atoms with Gasteiger partial charge in [-0.3, -0.25) is 4.79 Å². The number of halogens is 1. The summed E-state index contributed by atoms with van der Waals surface area (Å²) in [4.78, 5) is 13.3. The van der Waals surface area contributed by atoms with E-state index < -0.39 is 5.97 Å². The van der Waals surface area contributed by atoms with Gasteiger partial charge in [0.15, 0.2) is 0 Å². The van der Waals surface area contributed by atoms with Gasteiger partial charge < -0.3 is 10.0 Å². The molecule has 1 aliphatic rings. The minimum absolute atomic E-state index is 0.141. The number of hydrogen-bond acceptors (Lipinski definition) is 2. The Hall–Kier alpha value is -1.03. The summed E-state index contributed by atoms with van der Waals surface area (Å²) in [5.41, 5.74) is 1.93. The predicted octanol–water partition coefficient (Wildman–Crippen LogP) is 3.80. The van der Waals surface area contributed by atoms with Crippen LogP contribution in [0.15, 0.2) is 22.7 Å². The highest BCUT2D eigenvalue weighted by molar-refractivity contribution is 9.10. The molecular weight excluding hydrogens is 306 g/mol. The van der Waals surface area contributed by atoms with Gasteiger partial charge >= 0.3 is 5.97 Å². The molecule has 0 bridgehead atoms. The Labute approximate surface area is 122 Å². The fourth-order valence-electron chi connectivity index (χ4n) is 2.62. The summed E-state index contributed by atoms with van der Waals surface area (Å²) in [6.07, 6.45) is 2.64. The molecule has 19 heavy (non-hydrogen) atoms. The molecule has 1 aromatic carbocycles. The molecule has 1 N–H and O–H groups in total. The van der Waals surface area contributed by atoms with Gasteiger partial charge in [-0.05, 0) is 46.5 Å². The van der Waals surface area contributed by atoms with Crippen LogP contribution in [0.3, 0.4) is 0 Å².